The van der Waals surface area contributed by atoms with E-state index in [0.717, 1.165) is 22.3 Å². The first kappa shape index (κ1) is 28.2. The van der Waals surface area contributed by atoms with Gasteiger partial charge in [-0.1, -0.05) is 78.9 Å². The summed E-state index contributed by atoms with van der Waals surface area (Å²) in [6, 6.07) is 31.1. The Hall–Kier alpha value is -4.78. The van der Waals surface area contributed by atoms with Crippen LogP contribution in [0.5, 0.6) is 17.2 Å². The van der Waals surface area contributed by atoms with Crippen molar-refractivity contribution in [3.63, 3.8) is 0 Å². The van der Waals surface area contributed by atoms with Crippen molar-refractivity contribution in [1.29, 1.82) is 0 Å². The highest BCUT2D eigenvalue weighted by Crippen LogP contribution is 2.30. The average molecular weight is 539 g/mol. The minimum Gasteiger partial charge on any atom is -0.497 e. The van der Waals surface area contributed by atoms with E-state index in [2.05, 4.69) is 5.32 Å². The van der Waals surface area contributed by atoms with Crippen LogP contribution in [0, 0.1) is 0 Å². The molecule has 40 heavy (non-hydrogen) atoms. The van der Waals surface area contributed by atoms with Gasteiger partial charge in [0.05, 0.1) is 27.8 Å². The highest BCUT2D eigenvalue weighted by atomic mass is 16.5. The van der Waals surface area contributed by atoms with Gasteiger partial charge in [0.2, 0.25) is 11.8 Å². The van der Waals surface area contributed by atoms with Crippen LogP contribution in [0.25, 0.3) is 0 Å². The first-order valence-electron chi connectivity index (χ1n) is 13.0. The van der Waals surface area contributed by atoms with E-state index in [4.69, 9.17) is 14.2 Å². The van der Waals surface area contributed by atoms with E-state index < -0.39 is 6.04 Å². The van der Waals surface area contributed by atoms with Crippen molar-refractivity contribution >= 4 is 11.8 Å². The maximum Gasteiger partial charge on any atom is 0.247 e. The van der Waals surface area contributed by atoms with Gasteiger partial charge >= 0.3 is 0 Å². The van der Waals surface area contributed by atoms with E-state index >= 15 is 0 Å². The Morgan fingerprint density at radius 2 is 1.32 bits per heavy atom. The van der Waals surface area contributed by atoms with Gasteiger partial charge in [0.1, 0.15) is 11.8 Å². The normalized spacial score (nSPS) is 11.3. The molecule has 1 unspecified atom stereocenters. The van der Waals surface area contributed by atoms with Gasteiger partial charge in [-0.15, -0.1) is 0 Å². The average Bonchev–Trinajstić information content (AvgIpc) is 3.01. The second-order valence-electron chi connectivity index (χ2n) is 9.25. The molecule has 0 saturated heterocycles. The van der Waals surface area contributed by atoms with Crippen LogP contribution in [0.15, 0.2) is 103 Å². The fourth-order valence-electron chi connectivity index (χ4n) is 4.51. The Morgan fingerprint density at radius 3 is 1.95 bits per heavy atom. The van der Waals surface area contributed by atoms with Crippen molar-refractivity contribution in [3.05, 3.63) is 125 Å². The number of methoxy groups -OCH3 is 3. The Morgan fingerprint density at radius 1 is 0.700 bits per heavy atom. The summed E-state index contributed by atoms with van der Waals surface area (Å²) in [6.07, 6.45) is 0.0752. The molecule has 0 saturated carbocycles. The Kier molecular flexibility index (Phi) is 9.77. The molecule has 7 nitrogen and oxygen atoms in total. The molecule has 206 valence electrons. The lowest BCUT2D eigenvalue weighted by Crippen LogP contribution is -2.43. The molecule has 7 heteroatoms. The van der Waals surface area contributed by atoms with Crippen LogP contribution in [0.2, 0.25) is 0 Å². The van der Waals surface area contributed by atoms with Gasteiger partial charge in [0.15, 0.2) is 11.5 Å². The van der Waals surface area contributed by atoms with Crippen molar-refractivity contribution in [1.82, 2.24) is 10.2 Å². The molecule has 4 aromatic rings. The summed E-state index contributed by atoms with van der Waals surface area (Å²) in [5, 5.41) is 3.04. The van der Waals surface area contributed by atoms with Gasteiger partial charge < -0.3 is 24.4 Å². The van der Waals surface area contributed by atoms with E-state index in [9.17, 15) is 9.59 Å². The summed E-state index contributed by atoms with van der Waals surface area (Å²) in [4.78, 5) is 29.5. The molecule has 1 atom stereocenters. The number of amides is 2. The molecule has 0 aromatic heterocycles. The van der Waals surface area contributed by atoms with Gasteiger partial charge in [-0.3, -0.25) is 9.59 Å². The lowest BCUT2D eigenvalue weighted by molar-refractivity contribution is -0.141. The summed E-state index contributed by atoms with van der Waals surface area (Å²) in [5.74, 6) is 1.37. The Labute approximate surface area is 235 Å². The molecular weight excluding hydrogens is 504 g/mol. The quantitative estimate of drug-likeness (QED) is 0.264. The number of benzene rings is 4. The lowest BCUT2D eigenvalue weighted by Gasteiger charge is -2.32. The second-order valence-corrected chi connectivity index (χ2v) is 9.25. The monoisotopic (exact) mass is 538 g/mol. The lowest BCUT2D eigenvalue weighted by atomic mass is 10.0. The predicted molar refractivity (Wildman–Crippen MR) is 154 cm³/mol. The first-order chi connectivity index (χ1) is 19.5. The van der Waals surface area contributed by atoms with Crippen LogP contribution in [-0.4, -0.2) is 38.0 Å². The number of hydrogen-bond acceptors (Lipinski definition) is 5. The van der Waals surface area contributed by atoms with Crippen molar-refractivity contribution in [2.75, 3.05) is 21.3 Å². The maximum atomic E-state index is 14.0. The van der Waals surface area contributed by atoms with Crippen molar-refractivity contribution in [2.24, 2.45) is 0 Å². The van der Waals surface area contributed by atoms with Crippen LogP contribution < -0.4 is 19.5 Å². The number of carbonyl (C=O) groups excluding carboxylic acids is 2. The summed E-state index contributed by atoms with van der Waals surface area (Å²) in [7, 11) is 4.73. The zero-order chi connectivity index (χ0) is 28.3. The highest BCUT2D eigenvalue weighted by Gasteiger charge is 2.31. The Balaban J connectivity index is 1.69. The van der Waals surface area contributed by atoms with Crippen LogP contribution >= 0.6 is 0 Å². The fourth-order valence-corrected chi connectivity index (χ4v) is 4.51. The van der Waals surface area contributed by atoms with Gasteiger partial charge in [-0.2, -0.15) is 0 Å². The van der Waals surface area contributed by atoms with Crippen LogP contribution in [0.3, 0.4) is 0 Å². The molecule has 0 spiro atoms. The molecule has 4 aromatic carbocycles. The third kappa shape index (κ3) is 7.20. The van der Waals surface area contributed by atoms with Gasteiger partial charge in [0.25, 0.3) is 0 Å². The van der Waals surface area contributed by atoms with Crippen molar-refractivity contribution < 1.29 is 23.8 Å². The minimum absolute atomic E-state index is 0.0752. The smallest absolute Gasteiger partial charge is 0.247 e. The van der Waals surface area contributed by atoms with Gasteiger partial charge in [-0.05, 0) is 46.5 Å². The minimum atomic E-state index is -0.848. The number of nitrogens with one attached hydrogen (secondary N) is 1. The van der Waals surface area contributed by atoms with Crippen LogP contribution in [-0.2, 0) is 29.1 Å². The standard InChI is InChI=1S/C33H34N2O5/c1-38-28-17-14-25(15-18-28)23-35(31(36)21-26-16-19-29(39-2)30(20-26)40-3)32(27-12-8-5-9-13-27)33(37)34-22-24-10-6-4-7-11-24/h4-20,32H,21-23H2,1-3H3,(H,34,37). The topological polar surface area (TPSA) is 77.1 Å². The van der Waals surface area contributed by atoms with Crippen molar-refractivity contribution in [3.8, 4) is 17.2 Å². The molecule has 0 aliphatic heterocycles. The zero-order valence-electron chi connectivity index (χ0n) is 23.0. The molecule has 0 aliphatic rings. The van der Waals surface area contributed by atoms with Gasteiger partial charge in [-0.25, -0.2) is 0 Å². The number of rotatable bonds is 12. The third-order valence-corrected chi connectivity index (χ3v) is 6.62. The molecule has 0 radical (unpaired) electrons. The molecule has 2 amide bonds. The summed E-state index contributed by atoms with van der Waals surface area (Å²) in [6.45, 7) is 0.581. The van der Waals surface area contributed by atoms with Crippen LogP contribution in [0.4, 0.5) is 0 Å². The van der Waals surface area contributed by atoms with Crippen molar-refractivity contribution in [2.45, 2.75) is 25.6 Å². The molecule has 0 aliphatic carbocycles. The number of ether oxygens (including phenoxy) is 3. The number of carbonyl (C=O) groups is 2. The number of hydrogen-bond donors (Lipinski definition) is 1. The summed E-state index contributed by atoms with van der Waals surface area (Å²) >= 11 is 0. The number of nitrogens with zero attached hydrogens (tertiary/aromatic N) is 1. The molecular formula is C33H34N2O5. The predicted octanol–water partition coefficient (Wildman–Crippen LogP) is 5.34. The van der Waals surface area contributed by atoms with E-state index in [1.165, 1.54) is 0 Å². The third-order valence-electron chi connectivity index (χ3n) is 6.62. The van der Waals surface area contributed by atoms with E-state index in [1.807, 2.05) is 91.0 Å². The molecule has 4 rings (SSSR count). The van der Waals surface area contributed by atoms with Gasteiger partial charge in [0, 0.05) is 13.1 Å². The van der Waals surface area contributed by atoms with E-state index in [-0.39, 0.29) is 24.8 Å². The summed E-state index contributed by atoms with van der Waals surface area (Å²) in [5.41, 5.74) is 3.32. The molecule has 0 fully saturated rings. The molecule has 1 N–H and O–H groups in total. The second kappa shape index (κ2) is 13.8. The Bertz CT molecular complexity index is 1390. The largest absolute Gasteiger partial charge is 0.497 e. The fraction of sp³-hybridized carbons (Fsp3) is 0.212. The SMILES string of the molecule is COc1ccc(CN(C(=O)Cc2ccc(OC)c(OC)c2)C(C(=O)NCc2ccccc2)c2ccccc2)cc1. The highest BCUT2D eigenvalue weighted by molar-refractivity contribution is 5.89. The maximum absolute atomic E-state index is 14.0. The zero-order valence-corrected chi connectivity index (χ0v) is 23.0. The summed E-state index contributed by atoms with van der Waals surface area (Å²) < 4.78 is 16.1. The molecule has 0 heterocycles. The first-order valence-corrected chi connectivity index (χ1v) is 13.0. The van der Waals surface area contributed by atoms with Crippen LogP contribution in [0.1, 0.15) is 28.3 Å². The molecule has 0 bridgehead atoms. The van der Waals surface area contributed by atoms with E-state index in [1.54, 1.807) is 38.4 Å². The van der Waals surface area contributed by atoms with E-state index in [0.29, 0.717) is 23.8 Å².